The molecule has 1 saturated heterocycles. The smallest absolute Gasteiger partial charge is 0.216 e. The van der Waals surface area contributed by atoms with Crippen LogP contribution in [0.2, 0.25) is 0 Å². The Hall–Kier alpha value is -1.62. The van der Waals surface area contributed by atoms with Crippen LogP contribution in [0.25, 0.3) is 0 Å². The number of benzene rings is 1. The Bertz CT molecular complexity index is 471. The molecule has 0 bridgehead atoms. The first-order chi connectivity index (χ1) is 9.56. The van der Waals surface area contributed by atoms with Crippen LogP contribution < -0.4 is 5.32 Å². The average Bonchev–Trinajstić information content (AvgIpc) is 2.43. The number of halogens is 1. The first-order valence-corrected chi connectivity index (χ1v) is 6.99. The molecule has 1 fully saturated rings. The molecule has 0 radical (unpaired) electrons. The molecule has 1 aromatic carbocycles. The fourth-order valence-electron chi connectivity index (χ4n) is 2.57. The standard InChI is InChI=1S/C15H21FN2O2/c1-11(19)17-9-12-5-7-18(8-6-12)10-13-3-2-4-14(16)15(13)20/h2-4,12,20H,5-10H2,1H3,(H,17,19). The zero-order valence-electron chi connectivity index (χ0n) is 11.7. The summed E-state index contributed by atoms with van der Waals surface area (Å²) >= 11 is 0. The van der Waals surface area contributed by atoms with E-state index in [2.05, 4.69) is 10.2 Å². The second kappa shape index (κ2) is 6.70. The number of rotatable bonds is 4. The fraction of sp³-hybridized carbons (Fsp3) is 0.533. The molecule has 0 unspecified atom stereocenters. The molecular formula is C15H21FN2O2. The number of phenolic OH excluding ortho intramolecular Hbond substituents is 1. The maximum absolute atomic E-state index is 13.3. The van der Waals surface area contributed by atoms with Crippen LogP contribution in [0, 0.1) is 11.7 Å². The van der Waals surface area contributed by atoms with Gasteiger partial charge in [0.15, 0.2) is 11.6 Å². The molecule has 1 heterocycles. The van der Waals surface area contributed by atoms with Crippen molar-refractivity contribution in [2.75, 3.05) is 19.6 Å². The Morgan fingerprint density at radius 3 is 2.80 bits per heavy atom. The topological polar surface area (TPSA) is 52.6 Å². The summed E-state index contributed by atoms with van der Waals surface area (Å²) in [6, 6.07) is 4.63. The number of aromatic hydroxyl groups is 1. The molecule has 1 aliphatic heterocycles. The second-order valence-corrected chi connectivity index (χ2v) is 5.40. The number of hydrogen-bond acceptors (Lipinski definition) is 3. The third kappa shape index (κ3) is 3.93. The second-order valence-electron chi connectivity index (χ2n) is 5.40. The number of hydrogen-bond donors (Lipinski definition) is 2. The van der Waals surface area contributed by atoms with Crippen LogP contribution in [0.15, 0.2) is 18.2 Å². The van der Waals surface area contributed by atoms with E-state index in [-0.39, 0.29) is 11.7 Å². The van der Waals surface area contributed by atoms with Crippen molar-refractivity contribution in [3.63, 3.8) is 0 Å². The number of nitrogens with one attached hydrogen (secondary N) is 1. The summed E-state index contributed by atoms with van der Waals surface area (Å²) in [6.45, 7) is 4.63. The minimum Gasteiger partial charge on any atom is -0.505 e. The molecule has 2 rings (SSSR count). The number of nitrogens with zero attached hydrogens (tertiary/aromatic N) is 1. The van der Waals surface area contributed by atoms with Crippen LogP contribution in [-0.4, -0.2) is 35.5 Å². The SMILES string of the molecule is CC(=O)NCC1CCN(Cc2cccc(F)c2O)CC1. The van der Waals surface area contributed by atoms with Gasteiger partial charge in [-0.1, -0.05) is 12.1 Å². The quantitative estimate of drug-likeness (QED) is 0.885. The lowest BCUT2D eigenvalue weighted by molar-refractivity contribution is -0.119. The van der Waals surface area contributed by atoms with Crippen molar-refractivity contribution in [3.05, 3.63) is 29.6 Å². The summed E-state index contributed by atoms with van der Waals surface area (Å²) in [6.07, 6.45) is 2.02. The lowest BCUT2D eigenvalue weighted by Crippen LogP contribution is -2.37. The molecule has 4 nitrogen and oxygen atoms in total. The molecular weight excluding hydrogens is 259 g/mol. The molecule has 20 heavy (non-hydrogen) atoms. The van der Waals surface area contributed by atoms with Gasteiger partial charge in [0.25, 0.3) is 0 Å². The number of carbonyl (C=O) groups excluding carboxylic acids is 1. The summed E-state index contributed by atoms with van der Waals surface area (Å²) in [4.78, 5) is 13.1. The van der Waals surface area contributed by atoms with Crippen molar-refractivity contribution in [1.29, 1.82) is 0 Å². The van der Waals surface area contributed by atoms with Crippen molar-refractivity contribution >= 4 is 5.91 Å². The number of piperidine rings is 1. The largest absolute Gasteiger partial charge is 0.505 e. The lowest BCUT2D eigenvalue weighted by atomic mass is 9.96. The van der Waals surface area contributed by atoms with Gasteiger partial charge in [-0.3, -0.25) is 9.69 Å². The van der Waals surface area contributed by atoms with Crippen molar-refractivity contribution in [1.82, 2.24) is 10.2 Å². The van der Waals surface area contributed by atoms with Gasteiger partial charge >= 0.3 is 0 Å². The number of carbonyl (C=O) groups is 1. The van der Waals surface area contributed by atoms with Gasteiger partial charge in [-0.2, -0.15) is 0 Å². The van der Waals surface area contributed by atoms with Gasteiger partial charge in [0, 0.05) is 25.6 Å². The van der Waals surface area contributed by atoms with E-state index in [4.69, 9.17) is 0 Å². The first kappa shape index (κ1) is 14.8. The average molecular weight is 280 g/mol. The van der Waals surface area contributed by atoms with Crippen LogP contribution in [0.5, 0.6) is 5.75 Å². The lowest BCUT2D eigenvalue weighted by Gasteiger charge is -2.32. The minimum absolute atomic E-state index is 0.0112. The van der Waals surface area contributed by atoms with Crippen molar-refractivity contribution in [3.8, 4) is 5.75 Å². The first-order valence-electron chi connectivity index (χ1n) is 6.99. The minimum atomic E-state index is -0.567. The molecule has 110 valence electrons. The van der Waals surface area contributed by atoms with Crippen LogP contribution in [0.1, 0.15) is 25.3 Å². The highest BCUT2D eigenvalue weighted by molar-refractivity contribution is 5.72. The van der Waals surface area contributed by atoms with E-state index in [1.807, 2.05) is 0 Å². The molecule has 0 spiro atoms. The third-order valence-electron chi connectivity index (χ3n) is 3.81. The van der Waals surface area contributed by atoms with Crippen molar-refractivity contribution < 1.29 is 14.3 Å². The molecule has 0 saturated carbocycles. The van der Waals surface area contributed by atoms with E-state index < -0.39 is 5.82 Å². The predicted molar refractivity (Wildman–Crippen MR) is 74.7 cm³/mol. The van der Waals surface area contributed by atoms with Crippen molar-refractivity contribution in [2.24, 2.45) is 5.92 Å². The zero-order valence-corrected chi connectivity index (χ0v) is 11.7. The van der Waals surface area contributed by atoms with Crippen molar-refractivity contribution in [2.45, 2.75) is 26.3 Å². The molecule has 0 aliphatic carbocycles. The summed E-state index contributed by atoms with van der Waals surface area (Å²) in [5, 5.41) is 12.5. The van der Waals surface area contributed by atoms with E-state index in [9.17, 15) is 14.3 Å². The van der Waals surface area contributed by atoms with Gasteiger partial charge < -0.3 is 10.4 Å². The maximum atomic E-state index is 13.3. The fourth-order valence-corrected chi connectivity index (χ4v) is 2.57. The van der Waals surface area contributed by atoms with Gasteiger partial charge in [-0.05, 0) is 37.9 Å². The Morgan fingerprint density at radius 1 is 1.45 bits per heavy atom. The zero-order chi connectivity index (χ0) is 14.5. The number of amides is 1. The molecule has 1 aliphatic rings. The molecule has 0 atom stereocenters. The van der Waals surface area contributed by atoms with Crippen LogP contribution >= 0.6 is 0 Å². The Kier molecular flexibility index (Phi) is 4.95. The molecule has 0 aromatic heterocycles. The maximum Gasteiger partial charge on any atom is 0.216 e. The van der Waals surface area contributed by atoms with Gasteiger partial charge in [0.05, 0.1) is 0 Å². The summed E-state index contributed by atoms with van der Waals surface area (Å²) < 4.78 is 13.3. The van der Waals surface area contributed by atoms with Gasteiger partial charge in [-0.25, -0.2) is 4.39 Å². The highest BCUT2D eigenvalue weighted by Gasteiger charge is 2.20. The number of para-hydroxylation sites is 1. The normalized spacial score (nSPS) is 17.1. The van der Waals surface area contributed by atoms with Gasteiger partial charge in [0.2, 0.25) is 5.91 Å². The highest BCUT2D eigenvalue weighted by atomic mass is 19.1. The van der Waals surface area contributed by atoms with E-state index >= 15 is 0 Å². The van der Waals surface area contributed by atoms with Crippen LogP contribution in [0.3, 0.4) is 0 Å². The summed E-state index contributed by atoms with van der Waals surface area (Å²) in [5.74, 6) is -0.288. The Morgan fingerprint density at radius 2 is 2.15 bits per heavy atom. The van der Waals surface area contributed by atoms with Gasteiger partial charge in [-0.15, -0.1) is 0 Å². The third-order valence-corrected chi connectivity index (χ3v) is 3.81. The Balaban J connectivity index is 1.82. The Labute approximate surface area is 118 Å². The molecule has 5 heteroatoms. The van der Waals surface area contributed by atoms with E-state index in [1.165, 1.54) is 13.0 Å². The monoisotopic (exact) mass is 280 g/mol. The van der Waals surface area contributed by atoms with Crippen LogP contribution in [0.4, 0.5) is 4.39 Å². The number of phenols is 1. The summed E-state index contributed by atoms with van der Waals surface area (Å²) in [5.41, 5.74) is 0.630. The molecule has 1 amide bonds. The van der Waals surface area contributed by atoms with E-state index in [1.54, 1.807) is 12.1 Å². The summed E-state index contributed by atoms with van der Waals surface area (Å²) in [7, 11) is 0. The van der Waals surface area contributed by atoms with E-state index in [0.29, 0.717) is 18.0 Å². The van der Waals surface area contributed by atoms with Gasteiger partial charge in [0.1, 0.15) is 0 Å². The molecule has 2 N–H and O–H groups in total. The number of likely N-dealkylation sites (tertiary alicyclic amines) is 1. The van der Waals surface area contributed by atoms with Crippen LogP contribution in [-0.2, 0) is 11.3 Å². The van der Waals surface area contributed by atoms with E-state index in [0.717, 1.165) is 32.5 Å². The predicted octanol–water partition coefficient (Wildman–Crippen LogP) is 1.88. The highest BCUT2D eigenvalue weighted by Crippen LogP contribution is 2.24. The molecule has 1 aromatic rings.